The van der Waals surface area contributed by atoms with Gasteiger partial charge in [0.05, 0.1) is 5.92 Å². The number of carbonyl (C=O) groups is 1. The Morgan fingerprint density at radius 2 is 1.90 bits per heavy atom. The lowest BCUT2D eigenvalue weighted by Crippen LogP contribution is -2.21. The number of benzene rings is 2. The molecular formula is C18H20FNO. The van der Waals surface area contributed by atoms with Gasteiger partial charge in [-0.3, -0.25) is 4.79 Å². The molecule has 2 aromatic carbocycles. The summed E-state index contributed by atoms with van der Waals surface area (Å²) >= 11 is 0. The first-order valence-electron chi connectivity index (χ1n) is 7.23. The smallest absolute Gasteiger partial charge is 0.231 e. The normalized spacial score (nSPS) is 12.0. The summed E-state index contributed by atoms with van der Waals surface area (Å²) in [6.07, 6.45) is 1.68. The number of carbonyl (C=O) groups excluding carboxylic acids is 1. The van der Waals surface area contributed by atoms with Crippen molar-refractivity contribution < 1.29 is 9.18 Å². The minimum atomic E-state index is -0.306. The predicted molar refractivity (Wildman–Crippen MR) is 83.9 cm³/mol. The monoisotopic (exact) mass is 285 g/mol. The molecule has 2 rings (SSSR count). The van der Waals surface area contributed by atoms with Gasteiger partial charge in [-0.25, -0.2) is 4.39 Å². The fraction of sp³-hybridized carbons (Fsp3) is 0.278. The van der Waals surface area contributed by atoms with E-state index in [1.807, 2.05) is 30.3 Å². The van der Waals surface area contributed by atoms with Crippen LogP contribution in [0.3, 0.4) is 0 Å². The third-order valence-electron chi connectivity index (χ3n) is 3.54. The van der Waals surface area contributed by atoms with Crippen molar-refractivity contribution in [3.8, 4) is 0 Å². The SMILES string of the molecule is CCC[C@@H](C(=O)Nc1ccc(C)c(F)c1)c1ccccc1. The van der Waals surface area contributed by atoms with Crippen LogP contribution in [0, 0.1) is 12.7 Å². The molecule has 0 saturated heterocycles. The summed E-state index contributed by atoms with van der Waals surface area (Å²) in [5.74, 6) is -0.605. The van der Waals surface area contributed by atoms with Crippen LogP contribution in [0.1, 0.15) is 36.8 Å². The van der Waals surface area contributed by atoms with Crippen molar-refractivity contribution in [2.75, 3.05) is 5.32 Å². The Kier molecular flexibility index (Phi) is 5.09. The molecule has 3 heteroatoms. The fourth-order valence-electron chi connectivity index (χ4n) is 2.32. The van der Waals surface area contributed by atoms with Crippen molar-refractivity contribution in [2.24, 2.45) is 0 Å². The zero-order valence-electron chi connectivity index (χ0n) is 12.4. The molecule has 110 valence electrons. The fourth-order valence-corrected chi connectivity index (χ4v) is 2.32. The van der Waals surface area contributed by atoms with Gasteiger partial charge in [-0.2, -0.15) is 0 Å². The van der Waals surface area contributed by atoms with Gasteiger partial charge in [0.25, 0.3) is 0 Å². The molecule has 0 bridgehead atoms. The number of rotatable bonds is 5. The number of aryl methyl sites for hydroxylation is 1. The maximum absolute atomic E-state index is 13.6. The number of anilines is 1. The molecule has 0 saturated carbocycles. The van der Waals surface area contributed by atoms with E-state index in [0.717, 1.165) is 18.4 Å². The molecule has 0 aliphatic heterocycles. The van der Waals surface area contributed by atoms with Gasteiger partial charge >= 0.3 is 0 Å². The summed E-state index contributed by atoms with van der Waals surface area (Å²) in [5, 5.41) is 2.81. The zero-order chi connectivity index (χ0) is 15.2. The second kappa shape index (κ2) is 7.02. The first kappa shape index (κ1) is 15.2. The number of halogens is 1. The van der Waals surface area contributed by atoms with Crippen LogP contribution >= 0.6 is 0 Å². The van der Waals surface area contributed by atoms with Crippen molar-refractivity contribution in [1.82, 2.24) is 0 Å². The summed E-state index contributed by atoms with van der Waals surface area (Å²) in [6, 6.07) is 14.5. The van der Waals surface area contributed by atoms with Crippen LogP contribution in [0.25, 0.3) is 0 Å². The molecule has 0 heterocycles. The van der Waals surface area contributed by atoms with E-state index in [-0.39, 0.29) is 17.6 Å². The van der Waals surface area contributed by atoms with E-state index in [0.29, 0.717) is 11.3 Å². The molecule has 0 fully saturated rings. The van der Waals surface area contributed by atoms with E-state index >= 15 is 0 Å². The summed E-state index contributed by atoms with van der Waals surface area (Å²) in [6.45, 7) is 3.75. The Morgan fingerprint density at radius 1 is 1.19 bits per heavy atom. The standard InChI is InChI=1S/C18H20FNO/c1-3-7-16(14-8-5-4-6-9-14)18(21)20-15-11-10-13(2)17(19)12-15/h4-6,8-12,16H,3,7H2,1-2H3,(H,20,21)/t16-/m1/s1. The number of amides is 1. The minimum absolute atomic E-state index is 0.0914. The van der Waals surface area contributed by atoms with Gasteiger partial charge in [0.2, 0.25) is 5.91 Å². The molecule has 0 aromatic heterocycles. The van der Waals surface area contributed by atoms with Gasteiger partial charge in [-0.1, -0.05) is 49.7 Å². The van der Waals surface area contributed by atoms with Crippen LogP contribution < -0.4 is 5.32 Å². The first-order chi connectivity index (χ1) is 10.1. The molecule has 1 N–H and O–H groups in total. The highest BCUT2D eigenvalue weighted by Gasteiger charge is 2.19. The van der Waals surface area contributed by atoms with Gasteiger partial charge in [0.15, 0.2) is 0 Å². The summed E-state index contributed by atoms with van der Waals surface area (Å²) in [7, 11) is 0. The summed E-state index contributed by atoms with van der Waals surface area (Å²) in [5.41, 5.74) is 2.06. The van der Waals surface area contributed by atoms with Crippen LogP contribution in [0.5, 0.6) is 0 Å². The number of hydrogen-bond acceptors (Lipinski definition) is 1. The molecule has 0 aliphatic rings. The maximum atomic E-state index is 13.6. The molecule has 0 aliphatic carbocycles. The topological polar surface area (TPSA) is 29.1 Å². The first-order valence-corrected chi connectivity index (χ1v) is 7.23. The molecule has 0 radical (unpaired) electrons. The highest BCUT2D eigenvalue weighted by Crippen LogP contribution is 2.23. The third-order valence-corrected chi connectivity index (χ3v) is 3.54. The van der Waals surface area contributed by atoms with Crippen molar-refractivity contribution >= 4 is 11.6 Å². The van der Waals surface area contributed by atoms with E-state index in [2.05, 4.69) is 12.2 Å². The van der Waals surface area contributed by atoms with Gasteiger partial charge in [0, 0.05) is 5.69 Å². The molecular weight excluding hydrogens is 265 g/mol. The number of nitrogens with one attached hydrogen (secondary N) is 1. The van der Waals surface area contributed by atoms with E-state index in [4.69, 9.17) is 0 Å². The average molecular weight is 285 g/mol. The van der Waals surface area contributed by atoms with E-state index in [9.17, 15) is 9.18 Å². The van der Waals surface area contributed by atoms with E-state index in [1.165, 1.54) is 6.07 Å². The largest absolute Gasteiger partial charge is 0.325 e. The minimum Gasteiger partial charge on any atom is -0.325 e. The number of hydrogen-bond donors (Lipinski definition) is 1. The molecule has 0 unspecified atom stereocenters. The Bertz CT molecular complexity index is 610. The van der Waals surface area contributed by atoms with Crippen molar-refractivity contribution in [1.29, 1.82) is 0 Å². The van der Waals surface area contributed by atoms with Crippen LogP contribution in [0.2, 0.25) is 0 Å². The van der Waals surface area contributed by atoms with Crippen LogP contribution in [-0.2, 0) is 4.79 Å². The van der Waals surface area contributed by atoms with Gasteiger partial charge in [-0.15, -0.1) is 0 Å². The molecule has 1 atom stereocenters. The zero-order valence-corrected chi connectivity index (χ0v) is 12.4. The van der Waals surface area contributed by atoms with Crippen LogP contribution in [0.4, 0.5) is 10.1 Å². The van der Waals surface area contributed by atoms with Crippen molar-refractivity contribution in [3.63, 3.8) is 0 Å². The van der Waals surface area contributed by atoms with Crippen molar-refractivity contribution in [3.05, 3.63) is 65.5 Å². The highest BCUT2D eigenvalue weighted by atomic mass is 19.1. The molecule has 1 amide bonds. The molecule has 21 heavy (non-hydrogen) atoms. The second-order valence-electron chi connectivity index (χ2n) is 5.21. The lowest BCUT2D eigenvalue weighted by Gasteiger charge is -2.16. The predicted octanol–water partition coefficient (Wildman–Crippen LogP) is 4.66. The molecule has 2 aromatic rings. The quantitative estimate of drug-likeness (QED) is 0.850. The van der Waals surface area contributed by atoms with Gasteiger partial charge in [0.1, 0.15) is 5.82 Å². The maximum Gasteiger partial charge on any atom is 0.231 e. The van der Waals surface area contributed by atoms with E-state index < -0.39 is 0 Å². The molecule has 0 spiro atoms. The lowest BCUT2D eigenvalue weighted by molar-refractivity contribution is -0.117. The van der Waals surface area contributed by atoms with Gasteiger partial charge < -0.3 is 5.32 Å². The van der Waals surface area contributed by atoms with E-state index in [1.54, 1.807) is 19.1 Å². The highest BCUT2D eigenvalue weighted by molar-refractivity contribution is 5.95. The lowest BCUT2D eigenvalue weighted by atomic mass is 9.93. The van der Waals surface area contributed by atoms with Crippen molar-refractivity contribution in [2.45, 2.75) is 32.6 Å². The Balaban J connectivity index is 2.17. The van der Waals surface area contributed by atoms with Gasteiger partial charge in [-0.05, 0) is 36.6 Å². The van der Waals surface area contributed by atoms with Crippen LogP contribution in [-0.4, -0.2) is 5.91 Å². The Morgan fingerprint density at radius 3 is 2.52 bits per heavy atom. The summed E-state index contributed by atoms with van der Waals surface area (Å²) in [4.78, 5) is 12.5. The third kappa shape index (κ3) is 3.91. The van der Waals surface area contributed by atoms with Crippen LogP contribution in [0.15, 0.2) is 48.5 Å². The second-order valence-corrected chi connectivity index (χ2v) is 5.21. The molecule has 2 nitrogen and oxygen atoms in total. The average Bonchev–Trinajstić information content (AvgIpc) is 2.49. The Hall–Kier alpha value is -2.16. The Labute approximate surface area is 125 Å². The summed E-state index contributed by atoms with van der Waals surface area (Å²) < 4.78 is 13.6.